The van der Waals surface area contributed by atoms with Gasteiger partial charge in [0.1, 0.15) is 24.2 Å². The molecule has 1 aromatic carbocycles. The van der Waals surface area contributed by atoms with Gasteiger partial charge in [0.25, 0.3) is 0 Å². The van der Waals surface area contributed by atoms with Crippen LogP contribution >= 0.6 is 0 Å². The Morgan fingerprint density at radius 3 is 3.04 bits per heavy atom. The molecule has 1 saturated heterocycles. The molecule has 24 heavy (non-hydrogen) atoms. The number of nitrogens with zero attached hydrogens (tertiary/aromatic N) is 4. The summed E-state index contributed by atoms with van der Waals surface area (Å²) in [6.45, 7) is 3.18. The van der Waals surface area contributed by atoms with Crippen molar-refractivity contribution >= 4 is 5.78 Å². The van der Waals surface area contributed by atoms with Crippen molar-refractivity contribution in [2.24, 2.45) is 5.92 Å². The summed E-state index contributed by atoms with van der Waals surface area (Å²) in [6.07, 6.45) is 4.96. The van der Waals surface area contributed by atoms with Crippen LogP contribution in [0.3, 0.4) is 0 Å². The number of likely N-dealkylation sites (tertiary alicyclic amines) is 1. The zero-order chi connectivity index (χ0) is 16.9. The summed E-state index contributed by atoms with van der Waals surface area (Å²) >= 11 is 0. The molecule has 7 heteroatoms. The number of methoxy groups -OCH3 is 1. The summed E-state index contributed by atoms with van der Waals surface area (Å²) in [7, 11) is 1.50. The fourth-order valence-electron chi connectivity index (χ4n) is 3.16. The van der Waals surface area contributed by atoms with Gasteiger partial charge in [-0.05, 0) is 37.6 Å². The van der Waals surface area contributed by atoms with E-state index >= 15 is 0 Å². The van der Waals surface area contributed by atoms with Crippen LogP contribution in [0.1, 0.15) is 23.2 Å². The normalized spacial score (nSPS) is 18.5. The molecule has 0 aliphatic carbocycles. The predicted molar refractivity (Wildman–Crippen MR) is 86.5 cm³/mol. The molecule has 1 atom stereocenters. The molecule has 3 rings (SSSR count). The molecule has 0 spiro atoms. The molecule has 0 radical (unpaired) electrons. The molecular formula is C17H21FN4O2. The van der Waals surface area contributed by atoms with Crippen LogP contribution in [0, 0.1) is 11.7 Å². The predicted octanol–water partition coefficient (Wildman–Crippen LogP) is 2.02. The van der Waals surface area contributed by atoms with Crippen LogP contribution < -0.4 is 4.74 Å². The van der Waals surface area contributed by atoms with E-state index < -0.39 is 5.82 Å². The monoisotopic (exact) mass is 332 g/mol. The van der Waals surface area contributed by atoms with Gasteiger partial charge in [0.2, 0.25) is 0 Å². The third-order valence-electron chi connectivity index (χ3n) is 4.42. The minimum atomic E-state index is -0.419. The topological polar surface area (TPSA) is 60.2 Å². The number of ketones is 1. The van der Waals surface area contributed by atoms with Gasteiger partial charge >= 0.3 is 0 Å². The van der Waals surface area contributed by atoms with Gasteiger partial charge in [0.15, 0.2) is 5.78 Å². The van der Waals surface area contributed by atoms with Crippen molar-refractivity contribution in [2.45, 2.75) is 19.4 Å². The van der Waals surface area contributed by atoms with Gasteiger partial charge in [-0.15, -0.1) is 0 Å². The molecular weight excluding hydrogens is 311 g/mol. The molecule has 0 N–H and O–H groups in total. The van der Waals surface area contributed by atoms with Crippen molar-refractivity contribution in [3.8, 4) is 5.75 Å². The Kier molecular flexibility index (Phi) is 5.20. The van der Waals surface area contributed by atoms with Gasteiger partial charge in [-0.25, -0.2) is 9.37 Å². The number of Topliss-reactive ketones (excluding diaryl/α,β-unsaturated/α-hetero) is 1. The lowest BCUT2D eigenvalue weighted by molar-refractivity contribution is 0.0811. The molecule has 128 valence electrons. The third-order valence-corrected chi connectivity index (χ3v) is 4.42. The zero-order valence-electron chi connectivity index (χ0n) is 13.7. The molecule has 0 amide bonds. The molecule has 0 bridgehead atoms. The lowest BCUT2D eigenvalue weighted by Gasteiger charge is -2.32. The van der Waals surface area contributed by atoms with E-state index in [1.54, 1.807) is 11.0 Å². The van der Waals surface area contributed by atoms with Crippen LogP contribution in [0.5, 0.6) is 5.75 Å². The minimum absolute atomic E-state index is 0.0446. The van der Waals surface area contributed by atoms with Crippen LogP contribution in [-0.2, 0) is 6.54 Å². The van der Waals surface area contributed by atoms with E-state index in [1.165, 1.54) is 31.6 Å². The lowest BCUT2D eigenvalue weighted by Crippen LogP contribution is -2.40. The summed E-state index contributed by atoms with van der Waals surface area (Å²) in [6, 6.07) is 4.09. The van der Waals surface area contributed by atoms with Gasteiger partial charge < -0.3 is 9.64 Å². The maximum atomic E-state index is 13.5. The number of piperidine rings is 1. The van der Waals surface area contributed by atoms with E-state index in [2.05, 4.69) is 15.0 Å². The molecule has 1 aliphatic heterocycles. The molecule has 1 aliphatic rings. The maximum absolute atomic E-state index is 13.5. The van der Waals surface area contributed by atoms with Crippen molar-refractivity contribution in [3.05, 3.63) is 42.2 Å². The average molecular weight is 332 g/mol. The second kappa shape index (κ2) is 7.53. The highest BCUT2D eigenvalue weighted by atomic mass is 19.1. The smallest absolute Gasteiger partial charge is 0.171 e. The standard InChI is InChI=1S/C17H21FN4O2/c1-24-16-5-4-14(18)9-15(16)17(23)13-3-2-6-21(10-13)7-8-22-12-19-11-20-22/h4-5,9,11-13H,2-3,6-8,10H2,1H3/t13-/m0/s1. The highest BCUT2D eigenvalue weighted by Crippen LogP contribution is 2.27. The number of ether oxygens (including phenoxy) is 1. The number of hydrogen-bond donors (Lipinski definition) is 0. The van der Waals surface area contributed by atoms with Crippen molar-refractivity contribution < 1.29 is 13.9 Å². The largest absolute Gasteiger partial charge is 0.496 e. The first-order valence-corrected chi connectivity index (χ1v) is 8.10. The Balaban J connectivity index is 1.65. The van der Waals surface area contributed by atoms with E-state index in [1.807, 2.05) is 0 Å². The number of halogens is 1. The molecule has 0 saturated carbocycles. The average Bonchev–Trinajstić information content (AvgIpc) is 3.13. The van der Waals surface area contributed by atoms with Gasteiger partial charge in [-0.2, -0.15) is 5.10 Å². The third kappa shape index (κ3) is 3.79. The van der Waals surface area contributed by atoms with Crippen LogP contribution in [0.4, 0.5) is 4.39 Å². The quantitative estimate of drug-likeness (QED) is 0.758. The first-order chi connectivity index (χ1) is 11.7. The van der Waals surface area contributed by atoms with Gasteiger partial charge in [0, 0.05) is 19.0 Å². The maximum Gasteiger partial charge on any atom is 0.171 e. The van der Waals surface area contributed by atoms with Gasteiger partial charge in [-0.3, -0.25) is 9.48 Å². The van der Waals surface area contributed by atoms with Crippen LogP contribution in [0.15, 0.2) is 30.9 Å². The van der Waals surface area contributed by atoms with Gasteiger partial charge in [-0.1, -0.05) is 0 Å². The fraction of sp³-hybridized carbons (Fsp3) is 0.471. The summed E-state index contributed by atoms with van der Waals surface area (Å²) in [5, 5.41) is 4.09. The number of aromatic nitrogens is 3. The number of carbonyl (C=O) groups excluding carboxylic acids is 1. The molecule has 0 unspecified atom stereocenters. The zero-order valence-corrected chi connectivity index (χ0v) is 13.7. The SMILES string of the molecule is COc1ccc(F)cc1C(=O)[C@H]1CCCN(CCn2cncn2)C1. The summed E-state index contributed by atoms with van der Waals surface area (Å²) in [4.78, 5) is 19.0. The van der Waals surface area contributed by atoms with Crippen LogP contribution in [-0.4, -0.2) is 52.2 Å². The Labute approximate surface area is 140 Å². The van der Waals surface area contributed by atoms with E-state index in [4.69, 9.17) is 4.74 Å². The highest BCUT2D eigenvalue weighted by Gasteiger charge is 2.28. The molecule has 1 fully saturated rings. The number of carbonyl (C=O) groups is 1. The summed E-state index contributed by atoms with van der Waals surface area (Å²) in [5.41, 5.74) is 0.334. The van der Waals surface area contributed by atoms with E-state index in [-0.39, 0.29) is 11.7 Å². The summed E-state index contributed by atoms with van der Waals surface area (Å²) < 4.78 is 20.5. The first-order valence-electron chi connectivity index (χ1n) is 8.10. The van der Waals surface area contributed by atoms with E-state index in [0.717, 1.165) is 32.5 Å². The molecule has 6 nitrogen and oxygen atoms in total. The fourth-order valence-corrected chi connectivity index (χ4v) is 3.16. The van der Waals surface area contributed by atoms with Crippen molar-refractivity contribution in [2.75, 3.05) is 26.7 Å². The van der Waals surface area contributed by atoms with Crippen LogP contribution in [0.2, 0.25) is 0 Å². The second-order valence-electron chi connectivity index (χ2n) is 6.01. The van der Waals surface area contributed by atoms with E-state index in [9.17, 15) is 9.18 Å². The number of benzene rings is 1. The van der Waals surface area contributed by atoms with Crippen molar-refractivity contribution in [1.82, 2.24) is 19.7 Å². The Hall–Kier alpha value is -2.28. The molecule has 1 aromatic heterocycles. The lowest BCUT2D eigenvalue weighted by atomic mass is 9.89. The van der Waals surface area contributed by atoms with Crippen molar-refractivity contribution in [3.63, 3.8) is 0 Å². The second-order valence-corrected chi connectivity index (χ2v) is 6.01. The minimum Gasteiger partial charge on any atom is -0.496 e. The Morgan fingerprint density at radius 2 is 2.29 bits per heavy atom. The summed E-state index contributed by atoms with van der Waals surface area (Å²) in [5.74, 6) is -0.166. The molecule has 2 heterocycles. The Morgan fingerprint density at radius 1 is 1.42 bits per heavy atom. The first kappa shape index (κ1) is 16.6. The van der Waals surface area contributed by atoms with Gasteiger partial charge in [0.05, 0.1) is 19.2 Å². The van der Waals surface area contributed by atoms with Crippen molar-refractivity contribution in [1.29, 1.82) is 0 Å². The van der Waals surface area contributed by atoms with Crippen LogP contribution in [0.25, 0.3) is 0 Å². The Bertz CT molecular complexity index is 690. The van der Waals surface area contributed by atoms with E-state index in [0.29, 0.717) is 17.9 Å². The highest BCUT2D eigenvalue weighted by molar-refractivity contribution is 6.00. The number of hydrogen-bond acceptors (Lipinski definition) is 5. The molecule has 2 aromatic rings. The number of rotatable bonds is 6.